The van der Waals surface area contributed by atoms with Crippen LogP contribution in [0.2, 0.25) is 0 Å². The van der Waals surface area contributed by atoms with Crippen molar-refractivity contribution in [2.24, 2.45) is 0 Å². The molecule has 0 aromatic carbocycles. The van der Waals surface area contributed by atoms with Crippen molar-refractivity contribution >= 4 is 12.1 Å². The van der Waals surface area contributed by atoms with Crippen molar-refractivity contribution < 1.29 is 28.5 Å². The minimum absolute atomic E-state index is 0.0144. The molecule has 7 nitrogen and oxygen atoms in total. The summed E-state index contributed by atoms with van der Waals surface area (Å²) in [5, 5.41) is 2.47. The van der Waals surface area contributed by atoms with E-state index in [9.17, 15) is 9.59 Å². The van der Waals surface area contributed by atoms with Crippen LogP contribution < -0.4 is 5.32 Å². The van der Waals surface area contributed by atoms with Gasteiger partial charge in [-0.15, -0.1) is 0 Å². The molecule has 0 aromatic rings. The number of esters is 1. The van der Waals surface area contributed by atoms with Gasteiger partial charge in [-0.3, -0.25) is 0 Å². The van der Waals surface area contributed by atoms with Crippen molar-refractivity contribution in [3.8, 4) is 0 Å². The number of alkyl carbamates (subject to hydrolysis) is 1. The van der Waals surface area contributed by atoms with Gasteiger partial charge in [0.05, 0.1) is 14.2 Å². The molecule has 7 heteroatoms. The van der Waals surface area contributed by atoms with Crippen molar-refractivity contribution in [3.05, 3.63) is 11.5 Å². The number of rotatable bonds is 5. The third-order valence-corrected chi connectivity index (χ3v) is 2.40. The van der Waals surface area contributed by atoms with E-state index in [1.807, 2.05) is 0 Å². The monoisotopic (exact) mass is 259 g/mol. The lowest BCUT2D eigenvalue weighted by molar-refractivity contribution is -0.152. The van der Waals surface area contributed by atoms with Crippen molar-refractivity contribution in [2.75, 3.05) is 27.4 Å². The number of carbonyl (C=O) groups excluding carboxylic acids is 2. The molecular formula is C11H17NO6. The summed E-state index contributed by atoms with van der Waals surface area (Å²) < 4.78 is 20.1. The zero-order valence-electron chi connectivity index (χ0n) is 10.9. The Bertz CT molecular complexity index is 378. The van der Waals surface area contributed by atoms with Gasteiger partial charge in [-0.2, -0.15) is 0 Å². The third-order valence-electron chi connectivity index (χ3n) is 2.40. The number of carbonyl (C=O) groups is 2. The highest BCUT2D eigenvalue weighted by atomic mass is 16.6. The molecule has 0 radical (unpaired) electrons. The van der Waals surface area contributed by atoms with Crippen molar-refractivity contribution in [2.45, 2.75) is 19.4 Å². The Hall–Kier alpha value is -1.92. The number of cyclic esters (lactones) is 1. The van der Waals surface area contributed by atoms with Crippen LogP contribution in [-0.4, -0.2) is 45.0 Å². The molecule has 1 unspecified atom stereocenters. The van der Waals surface area contributed by atoms with Crippen molar-refractivity contribution in [1.29, 1.82) is 0 Å². The first-order valence-corrected chi connectivity index (χ1v) is 5.45. The Morgan fingerprint density at radius 2 is 2.06 bits per heavy atom. The first-order valence-electron chi connectivity index (χ1n) is 5.45. The molecule has 1 N–H and O–H groups in total. The zero-order valence-corrected chi connectivity index (χ0v) is 10.9. The lowest BCUT2D eigenvalue weighted by atomic mass is 10.1. The second-order valence-corrected chi connectivity index (χ2v) is 3.79. The molecule has 1 aliphatic heterocycles. The fourth-order valence-electron chi connectivity index (χ4n) is 1.61. The van der Waals surface area contributed by atoms with Crippen LogP contribution >= 0.6 is 0 Å². The van der Waals surface area contributed by atoms with Crippen LogP contribution in [0.5, 0.6) is 0 Å². The van der Waals surface area contributed by atoms with Gasteiger partial charge in [-0.1, -0.05) is 0 Å². The molecule has 1 heterocycles. The number of amides is 1. The van der Waals surface area contributed by atoms with Gasteiger partial charge in [0.25, 0.3) is 0 Å². The number of ether oxygens (including phenoxy) is 4. The van der Waals surface area contributed by atoms with Crippen LogP contribution in [0.15, 0.2) is 11.5 Å². The summed E-state index contributed by atoms with van der Waals surface area (Å²) in [6, 6.07) is 0. The lowest BCUT2D eigenvalue weighted by Gasteiger charge is -2.24. The molecule has 0 aromatic heterocycles. The Morgan fingerprint density at radius 1 is 1.39 bits per heavy atom. The van der Waals surface area contributed by atoms with E-state index < -0.39 is 17.7 Å². The zero-order chi connectivity index (χ0) is 13.8. The molecule has 1 amide bonds. The maximum absolute atomic E-state index is 11.5. The van der Waals surface area contributed by atoms with Crippen LogP contribution in [0.3, 0.4) is 0 Å². The smallest absolute Gasteiger partial charge is 0.407 e. The number of methoxy groups -OCH3 is 2. The molecule has 1 aliphatic rings. The predicted molar refractivity (Wildman–Crippen MR) is 60.6 cm³/mol. The second-order valence-electron chi connectivity index (χ2n) is 3.79. The molecule has 18 heavy (non-hydrogen) atoms. The summed E-state index contributed by atoms with van der Waals surface area (Å²) in [7, 11) is 2.73. The van der Waals surface area contributed by atoms with E-state index in [1.54, 1.807) is 13.8 Å². The third kappa shape index (κ3) is 2.66. The fourth-order valence-corrected chi connectivity index (χ4v) is 1.61. The van der Waals surface area contributed by atoms with Gasteiger partial charge in [0, 0.05) is 6.54 Å². The highest BCUT2D eigenvalue weighted by Crippen LogP contribution is 2.33. The number of hydrogen-bond acceptors (Lipinski definition) is 6. The van der Waals surface area contributed by atoms with Crippen LogP contribution in [0.25, 0.3) is 0 Å². The fraction of sp³-hybridized carbons (Fsp3) is 0.636. The Morgan fingerprint density at radius 3 is 2.56 bits per heavy atom. The van der Waals surface area contributed by atoms with Crippen LogP contribution in [-0.2, 0) is 23.7 Å². The number of hydrogen-bond donors (Lipinski definition) is 1. The maximum Gasteiger partial charge on any atom is 0.407 e. The number of nitrogens with one attached hydrogen (secondary N) is 1. The van der Waals surface area contributed by atoms with Gasteiger partial charge >= 0.3 is 12.1 Å². The lowest BCUT2D eigenvalue weighted by Crippen LogP contribution is -2.37. The standard InChI is InChI=1S/C11H17NO6/c1-5-12-10(14)17-6-11(2)8(16-4)7(15-3)9(13)18-11/h5-6H2,1-4H3,(H,12,14). The van der Waals surface area contributed by atoms with Gasteiger partial charge in [0.1, 0.15) is 6.61 Å². The second kappa shape index (κ2) is 5.61. The summed E-state index contributed by atoms with van der Waals surface area (Å²) in [6.07, 6.45) is -0.587. The van der Waals surface area contributed by atoms with Gasteiger partial charge in [-0.05, 0) is 13.8 Å². The Labute approximate surface area is 105 Å². The molecule has 1 rings (SSSR count). The summed E-state index contributed by atoms with van der Waals surface area (Å²) >= 11 is 0. The molecule has 0 saturated carbocycles. The first-order chi connectivity index (χ1) is 8.48. The van der Waals surface area contributed by atoms with E-state index >= 15 is 0 Å². The van der Waals surface area contributed by atoms with Gasteiger partial charge in [0.15, 0.2) is 5.76 Å². The minimum Gasteiger partial charge on any atom is -0.493 e. The van der Waals surface area contributed by atoms with Crippen LogP contribution in [0.1, 0.15) is 13.8 Å². The summed E-state index contributed by atoms with van der Waals surface area (Å²) in [4.78, 5) is 22.7. The molecular weight excluding hydrogens is 242 g/mol. The quantitative estimate of drug-likeness (QED) is 0.726. The predicted octanol–water partition coefficient (Wildman–Crippen LogP) is 0.552. The summed E-state index contributed by atoms with van der Waals surface area (Å²) in [5.41, 5.74) is -1.16. The highest BCUT2D eigenvalue weighted by molar-refractivity contribution is 5.90. The van der Waals surface area contributed by atoms with E-state index in [0.29, 0.717) is 6.54 Å². The van der Waals surface area contributed by atoms with Gasteiger partial charge < -0.3 is 24.3 Å². The first kappa shape index (κ1) is 14.1. The highest BCUT2D eigenvalue weighted by Gasteiger charge is 2.48. The SMILES string of the molecule is CCNC(=O)OCC1(C)OC(=O)C(OC)=C1OC. The summed E-state index contributed by atoms with van der Waals surface area (Å²) in [6.45, 7) is 3.64. The van der Waals surface area contributed by atoms with Gasteiger partial charge in [0.2, 0.25) is 11.4 Å². The molecule has 0 fully saturated rings. The molecule has 0 saturated heterocycles. The minimum atomic E-state index is -1.16. The van der Waals surface area contributed by atoms with Gasteiger partial charge in [-0.25, -0.2) is 9.59 Å². The average Bonchev–Trinajstić information content (AvgIpc) is 2.57. The largest absolute Gasteiger partial charge is 0.493 e. The molecule has 0 spiro atoms. The van der Waals surface area contributed by atoms with E-state index in [2.05, 4.69) is 5.32 Å². The Balaban J connectivity index is 2.77. The topological polar surface area (TPSA) is 83.1 Å². The van der Waals surface area contributed by atoms with Crippen LogP contribution in [0, 0.1) is 0 Å². The van der Waals surface area contributed by atoms with E-state index in [-0.39, 0.29) is 18.1 Å². The van der Waals surface area contributed by atoms with Crippen molar-refractivity contribution in [1.82, 2.24) is 5.32 Å². The molecule has 1 atom stereocenters. The average molecular weight is 259 g/mol. The molecule has 0 aliphatic carbocycles. The van der Waals surface area contributed by atoms with Crippen molar-refractivity contribution in [3.63, 3.8) is 0 Å². The molecule has 0 bridgehead atoms. The Kier molecular flexibility index (Phi) is 4.41. The summed E-state index contributed by atoms with van der Waals surface area (Å²) in [5.74, 6) is -0.449. The van der Waals surface area contributed by atoms with Crippen LogP contribution in [0.4, 0.5) is 4.79 Å². The van der Waals surface area contributed by atoms with E-state index in [0.717, 1.165) is 0 Å². The molecule has 102 valence electrons. The maximum atomic E-state index is 11.5. The normalized spacial score (nSPS) is 22.6. The van der Waals surface area contributed by atoms with E-state index in [1.165, 1.54) is 14.2 Å². The van der Waals surface area contributed by atoms with E-state index in [4.69, 9.17) is 18.9 Å².